The number of benzene rings is 4. The molecular formula is C38H40N2O7S2. The zero-order valence-corrected chi connectivity index (χ0v) is 28.7. The molecular weight excluding hydrogens is 661 g/mol. The van der Waals surface area contributed by atoms with Crippen LogP contribution in [0.1, 0.15) is 11.1 Å². The van der Waals surface area contributed by atoms with Gasteiger partial charge in [0.1, 0.15) is 24.7 Å². The van der Waals surface area contributed by atoms with Crippen molar-refractivity contribution < 1.29 is 34.0 Å². The van der Waals surface area contributed by atoms with E-state index in [1.807, 2.05) is 29.6 Å². The molecule has 0 amide bonds. The van der Waals surface area contributed by atoms with Gasteiger partial charge in [0.15, 0.2) is 6.10 Å². The van der Waals surface area contributed by atoms with E-state index in [0.29, 0.717) is 35.8 Å². The molecule has 4 aromatic rings. The summed E-state index contributed by atoms with van der Waals surface area (Å²) in [5.74, 6) is 1.18. The number of carbonyl (C=O) groups is 2. The van der Waals surface area contributed by atoms with Crippen molar-refractivity contribution in [3.05, 3.63) is 108 Å². The minimum absolute atomic E-state index is 0.0123. The average Bonchev–Trinajstić information content (AvgIpc) is 3.13. The van der Waals surface area contributed by atoms with Crippen LogP contribution in [0.5, 0.6) is 11.5 Å². The lowest BCUT2D eigenvalue weighted by molar-refractivity contribution is -0.170. The highest BCUT2D eigenvalue weighted by Gasteiger charge is 2.27. The number of thioether (sulfide) groups is 2. The third-order valence-corrected chi connectivity index (χ3v) is 10.5. The van der Waals surface area contributed by atoms with E-state index < -0.39 is 24.1 Å². The number of carboxylic acids is 1. The number of esters is 1. The predicted octanol–water partition coefficient (Wildman–Crippen LogP) is 5.81. The van der Waals surface area contributed by atoms with Crippen LogP contribution in [-0.4, -0.2) is 85.3 Å². The number of nitrogens with zero attached hydrogens (tertiary/aromatic N) is 2. The van der Waals surface area contributed by atoms with Gasteiger partial charge in [-0.1, -0.05) is 48.5 Å². The smallest absolute Gasteiger partial charge is 0.345 e. The van der Waals surface area contributed by atoms with Gasteiger partial charge in [-0.05, 0) is 59.7 Å². The zero-order valence-electron chi connectivity index (χ0n) is 27.1. The van der Waals surface area contributed by atoms with Crippen LogP contribution in [0.3, 0.4) is 0 Å². The molecule has 2 unspecified atom stereocenters. The second-order valence-corrected chi connectivity index (χ2v) is 14.1. The van der Waals surface area contributed by atoms with Crippen LogP contribution in [-0.2, 0) is 27.2 Å². The number of aliphatic carboxylic acids is 1. The molecule has 0 aliphatic carbocycles. The second-order valence-electron chi connectivity index (χ2n) is 11.8. The molecule has 0 spiro atoms. The van der Waals surface area contributed by atoms with Crippen LogP contribution >= 0.6 is 23.5 Å². The molecule has 0 aromatic heterocycles. The van der Waals surface area contributed by atoms with Gasteiger partial charge in [-0.25, -0.2) is 9.59 Å². The number of aliphatic hydroxyl groups excluding tert-OH is 1. The van der Waals surface area contributed by atoms with Crippen molar-refractivity contribution in [3.8, 4) is 11.5 Å². The molecule has 256 valence electrons. The van der Waals surface area contributed by atoms with Crippen LogP contribution in [0.25, 0.3) is 0 Å². The van der Waals surface area contributed by atoms with E-state index >= 15 is 0 Å². The van der Waals surface area contributed by atoms with Crippen LogP contribution < -0.4 is 19.3 Å². The summed E-state index contributed by atoms with van der Waals surface area (Å²) >= 11 is 3.73. The summed E-state index contributed by atoms with van der Waals surface area (Å²) in [5, 5.41) is 20.3. The molecule has 2 atom stereocenters. The SMILES string of the molecule is O=C(OC(Cc1ccc(OCCN2CCSc3ccccc32)cc1)C(=O)O)C(O)Cc1ccc(OCCN2CCSc3ccccc32)cc1. The van der Waals surface area contributed by atoms with Crippen molar-refractivity contribution in [2.24, 2.45) is 0 Å². The molecule has 2 heterocycles. The van der Waals surface area contributed by atoms with E-state index in [1.165, 1.54) is 21.2 Å². The van der Waals surface area contributed by atoms with Crippen molar-refractivity contribution in [2.45, 2.75) is 34.8 Å². The molecule has 4 aromatic carbocycles. The Labute approximate surface area is 295 Å². The Morgan fingerprint density at radius 2 is 1.14 bits per heavy atom. The number of carboxylic acid groups (broad SMARTS) is 1. The highest BCUT2D eigenvalue weighted by molar-refractivity contribution is 7.99. The van der Waals surface area contributed by atoms with Crippen LogP contribution in [0, 0.1) is 0 Å². The Bertz CT molecular complexity index is 1700. The number of para-hydroxylation sites is 2. The maximum Gasteiger partial charge on any atom is 0.345 e. The first-order valence-electron chi connectivity index (χ1n) is 16.4. The molecule has 2 N–H and O–H groups in total. The number of fused-ring (bicyclic) bond motifs is 2. The highest BCUT2D eigenvalue weighted by Crippen LogP contribution is 2.35. The summed E-state index contributed by atoms with van der Waals surface area (Å²) in [5.41, 5.74) is 3.83. The van der Waals surface area contributed by atoms with Gasteiger partial charge in [0.25, 0.3) is 0 Å². The van der Waals surface area contributed by atoms with Crippen molar-refractivity contribution in [2.75, 3.05) is 60.7 Å². The lowest BCUT2D eigenvalue weighted by Gasteiger charge is -2.30. The Morgan fingerprint density at radius 1 is 0.673 bits per heavy atom. The first kappa shape index (κ1) is 34.5. The predicted molar refractivity (Wildman–Crippen MR) is 194 cm³/mol. The van der Waals surface area contributed by atoms with E-state index in [0.717, 1.165) is 37.7 Å². The summed E-state index contributed by atoms with van der Waals surface area (Å²) in [7, 11) is 0. The topological polar surface area (TPSA) is 109 Å². The molecule has 0 saturated carbocycles. The van der Waals surface area contributed by atoms with Gasteiger partial charge >= 0.3 is 11.9 Å². The fourth-order valence-electron chi connectivity index (χ4n) is 5.83. The monoisotopic (exact) mass is 700 g/mol. The third-order valence-electron chi connectivity index (χ3n) is 8.41. The number of hydrogen-bond donors (Lipinski definition) is 2. The Morgan fingerprint density at radius 3 is 1.63 bits per heavy atom. The van der Waals surface area contributed by atoms with Crippen molar-refractivity contribution in [1.82, 2.24) is 0 Å². The largest absolute Gasteiger partial charge is 0.492 e. The maximum atomic E-state index is 12.7. The van der Waals surface area contributed by atoms with Gasteiger partial charge in [-0.3, -0.25) is 0 Å². The molecule has 0 radical (unpaired) electrons. The summed E-state index contributed by atoms with van der Waals surface area (Å²) in [4.78, 5) is 31.8. The highest BCUT2D eigenvalue weighted by atomic mass is 32.2. The van der Waals surface area contributed by atoms with E-state index in [-0.39, 0.29) is 12.8 Å². The summed E-state index contributed by atoms with van der Waals surface area (Å²) in [6, 6.07) is 31.0. The molecule has 6 rings (SSSR count). The molecule has 2 aliphatic rings. The Kier molecular flexibility index (Phi) is 11.9. The first-order valence-corrected chi connectivity index (χ1v) is 18.4. The van der Waals surface area contributed by atoms with Crippen molar-refractivity contribution in [3.63, 3.8) is 0 Å². The average molecular weight is 701 g/mol. The van der Waals surface area contributed by atoms with Crippen LogP contribution in [0.4, 0.5) is 11.4 Å². The standard InChI is InChI=1S/C38H40N2O7S2/c41-33(25-27-9-13-29(14-10-27)45-21-17-39-19-23-48-35-7-3-1-5-31(35)39)38(44)47-34(37(42)43)26-28-11-15-30(16-12-28)46-22-18-40-20-24-49-36-8-4-2-6-32(36)40/h1-16,33-34,41H,17-26H2,(H,42,43). The van der Waals surface area contributed by atoms with Gasteiger partial charge < -0.3 is 34.2 Å². The second kappa shape index (κ2) is 16.9. The quantitative estimate of drug-likeness (QED) is 0.147. The van der Waals surface area contributed by atoms with E-state index in [2.05, 4.69) is 52.3 Å². The van der Waals surface area contributed by atoms with E-state index in [4.69, 9.17) is 14.2 Å². The molecule has 0 fully saturated rings. The Hall–Kier alpha value is -4.32. The van der Waals surface area contributed by atoms with Gasteiger partial charge in [-0.2, -0.15) is 0 Å². The van der Waals surface area contributed by atoms with Crippen molar-refractivity contribution in [1.29, 1.82) is 0 Å². The van der Waals surface area contributed by atoms with Gasteiger partial charge in [0.2, 0.25) is 6.10 Å². The normalized spacial score (nSPS) is 15.0. The summed E-state index contributed by atoms with van der Waals surface area (Å²) in [6.45, 7) is 4.48. The fraction of sp³-hybridized carbons (Fsp3) is 0.316. The molecule has 0 saturated heterocycles. The molecule has 2 aliphatic heterocycles. The number of ether oxygens (including phenoxy) is 3. The number of anilines is 2. The van der Waals surface area contributed by atoms with E-state index in [9.17, 15) is 19.8 Å². The number of rotatable bonds is 15. The zero-order chi connectivity index (χ0) is 34.0. The fourth-order valence-corrected chi connectivity index (χ4v) is 7.93. The number of aliphatic hydroxyl groups is 1. The molecule has 0 bridgehead atoms. The molecule has 49 heavy (non-hydrogen) atoms. The lowest BCUT2D eigenvalue weighted by atomic mass is 10.1. The van der Waals surface area contributed by atoms with Crippen LogP contribution in [0.2, 0.25) is 0 Å². The van der Waals surface area contributed by atoms with Crippen LogP contribution in [0.15, 0.2) is 107 Å². The molecule has 9 nitrogen and oxygen atoms in total. The third kappa shape index (κ3) is 9.44. The summed E-state index contributed by atoms with van der Waals surface area (Å²) < 4.78 is 17.1. The van der Waals surface area contributed by atoms with Crippen molar-refractivity contribution >= 4 is 46.8 Å². The number of hydrogen-bond acceptors (Lipinski definition) is 10. The van der Waals surface area contributed by atoms with Gasteiger partial charge in [0, 0.05) is 47.2 Å². The maximum absolute atomic E-state index is 12.7. The lowest BCUT2D eigenvalue weighted by Crippen LogP contribution is -2.35. The molecule has 11 heteroatoms. The first-order chi connectivity index (χ1) is 23.9. The number of carbonyl (C=O) groups excluding carboxylic acids is 1. The van der Waals surface area contributed by atoms with Gasteiger partial charge in [0.05, 0.1) is 24.5 Å². The van der Waals surface area contributed by atoms with E-state index in [1.54, 1.807) is 48.5 Å². The minimum Gasteiger partial charge on any atom is -0.492 e. The summed E-state index contributed by atoms with van der Waals surface area (Å²) in [6.07, 6.45) is -3.00. The minimum atomic E-state index is -1.51. The Balaban J connectivity index is 0.928. The van der Waals surface area contributed by atoms with Gasteiger partial charge in [-0.15, -0.1) is 23.5 Å².